The molecule has 0 aliphatic heterocycles. The van der Waals surface area contributed by atoms with Crippen molar-refractivity contribution in [3.05, 3.63) is 34.9 Å². The Balaban J connectivity index is 1.94. The summed E-state index contributed by atoms with van der Waals surface area (Å²) in [6.45, 7) is 6.55. The standard InChI is InChI=1S/C19H30O/c1-4-5-8-16-10-12-17(13-11-16)19(20)18-9-6-7-14(2)15(18)3/h6-7,9,16-17,19-20H,4-5,8,10-13H2,1-3H3. The van der Waals surface area contributed by atoms with Gasteiger partial charge >= 0.3 is 0 Å². The van der Waals surface area contributed by atoms with E-state index < -0.39 is 0 Å². The monoisotopic (exact) mass is 274 g/mol. The van der Waals surface area contributed by atoms with E-state index in [2.05, 4.69) is 39.0 Å². The number of unbranched alkanes of at least 4 members (excludes halogenated alkanes) is 1. The first-order valence-corrected chi connectivity index (χ1v) is 8.37. The van der Waals surface area contributed by atoms with Crippen LogP contribution in [0.4, 0.5) is 0 Å². The fourth-order valence-corrected chi connectivity index (χ4v) is 3.63. The Morgan fingerprint density at radius 1 is 1.15 bits per heavy atom. The minimum Gasteiger partial charge on any atom is -0.388 e. The number of aliphatic hydroxyl groups is 1. The van der Waals surface area contributed by atoms with Crippen LogP contribution in [0, 0.1) is 25.7 Å². The van der Waals surface area contributed by atoms with Crippen LogP contribution in [0.3, 0.4) is 0 Å². The molecule has 1 saturated carbocycles. The molecule has 0 amide bonds. The molecule has 0 saturated heterocycles. The lowest BCUT2D eigenvalue weighted by Crippen LogP contribution is -2.21. The van der Waals surface area contributed by atoms with E-state index in [1.54, 1.807) is 0 Å². The van der Waals surface area contributed by atoms with Gasteiger partial charge in [-0.15, -0.1) is 0 Å². The topological polar surface area (TPSA) is 20.2 Å². The summed E-state index contributed by atoms with van der Waals surface area (Å²) in [5.41, 5.74) is 3.72. The maximum absolute atomic E-state index is 10.7. The number of aliphatic hydroxyl groups excluding tert-OH is 1. The van der Waals surface area contributed by atoms with Crippen molar-refractivity contribution in [3.8, 4) is 0 Å². The van der Waals surface area contributed by atoms with Crippen molar-refractivity contribution in [3.63, 3.8) is 0 Å². The molecule has 1 atom stereocenters. The van der Waals surface area contributed by atoms with Gasteiger partial charge in [-0.3, -0.25) is 0 Å². The highest BCUT2D eigenvalue weighted by molar-refractivity contribution is 5.34. The van der Waals surface area contributed by atoms with E-state index in [4.69, 9.17) is 0 Å². The third-order valence-corrected chi connectivity index (χ3v) is 5.27. The molecule has 1 aliphatic carbocycles. The van der Waals surface area contributed by atoms with Gasteiger partial charge in [-0.2, -0.15) is 0 Å². The maximum Gasteiger partial charge on any atom is 0.0820 e. The largest absolute Gasteiger partial charge is 0.388 e. The number of benzene rings is 1. The van der Waals surface area contributed by atoms with E-state index in [0.29, 0.717) is 5.92 Å². The van der Waals surface area contributed by atoms with E-state index in [1.807, 2.05) is 0 Å². The number of aryl methyl sites for hydroxylation is 1. The van der Waals surface area contributed by atoms with E-state index in [1.165, 1.54) is 56.1 Å². The summed E-state index contributed by atoms with van der Waals surface area (Å²) in [7, 11) is 0. The van der Waals surface area contributed by atoms with Gasteiger partial charge in [0.15, 0.2) is 0 Å². The number of hydrogen-bond donors (Lipinski definition) is 1. The highest BCUT2D eigenvalue weighted by Gasteiger charge is 2.27. The molecule has 0 bridgehead atoms. The summed E-state index contributed by atoms with van der Waals surface area (Å²) in [5, 5.41) is 10.7. The molecule has 1 aliphatic rings. The maximum atomic E-state index is 10.7. The van der Waals surface area contributed by atoms with Gasteiger partial charge in [-0.05, 0) is 55.2 Å². The molecule has 1 unspecified atom stereocenters. The molecule has 1 N–H and O–H groups in total. The van der Waals surface area contributed by atoms with E-state index >= 15 is 0 Å². The average Bonchev–Trinajstić information content (AvgIpc) is 2.48. The lowest BCUT2D eigenvalue weighted by Gasteiger charge is -2.32. The van der Waals surface area contributed by atoms with Gasteiger partial charge in [0.25, 0.3) is 0 Å². The molecule has 0 spiro atoms. The van der Waals surface area contributed by atoms with Gasteiger partial charge in [-0.1, -0.05) is 57.2 Å². The van der Waals surface area contributed by atoms with Crippen molar-refractivity contribution >= 4 is 0 Å². The normalized spacial score (nSPS) is 24.6. The van der Waals surface area contributed by atoms with Gasteiger partial charge < -0.3 is 5.11 Å². The molecule has 2 rings (SSSR count). The fraction of sp³-hybridized carbons (Fsp3) is 0.684. The lowest BCUT2D eigenvalue weighted by molar-refractivity contribution is 0.0715. The highest BCUT2D eigenvalue weighted by Crippen LogP contribution is 2.39. The minimum absolute atomic E-state index is 0.262. The van der Waals surface area contributed by atoms with Crippen LogP contribution in [0.5, 0.6) is 0 Å². The van der Waals surface area contributed by atoms with Gasteiger partial charge in [-0.25, -0.2) is 0 Å². The van der Waals surface area contributed by atoms with E-state index in [0.717, 1.165) is 11.5 Å². The Morgan fingerprint density at radius 3 is 2.50 bits per heavy atom. The van der Waals surface area contributed by atoms with Crippen molar-refractivity contribution < 1.29 is 5.11 Å². The lowest BCUT2D eigenvalue weighted by atomic mass is 9.75. The molecule has 1 aromatic carbocycles. The third kappa shape index (κ3) is 3.63. The second kappa shape index (κ2) is 7.26. The molecule has 20 heavy (non-hydrogen) atoms. The Morgan fingerprint density at radius 2 is 1.85 bits per heavy atom. The zero-order chi connectivity index (χ0) is 14.5. The van der Waals surface area contributed by atoms with Crippen LogP contribution in [0.15, 0.2) is 18.2 Å². The Hall–Kier alpha value is -0.820. The van der Waals surface area contributed by atoms with Gasteiger partial charge in [0.1, 0.15) is 0 Å². The molecule has 112 valence electrons. The van der Waals surface area contributed by atoms with Gasteiger partial charge in [0.2, 0.25) is 0 Å². The quantitative estimate of drug-likeness (QED) is 0.769. The van der Waals surface area contributed by atoms with Crippen molar-refractivity contribution in [2.24, 2.45) is 11.8 Å². The second-order valence-corrected chi connectivity index (χ2v) is 6.66. The predicted molar refractivity (Wildman–Crippen MR) is 85.8 cm³/mol. The van der Waals surface area contributed by atoms with Gasteiger partial charge in [0.05, 0.1) is 6.10 Å². The van der Waals surface area contributed by atoms with Crippen molar-refractivity contribution in [2.45, 2.75) is 71.8 Å². The van der Waals surface area contributed by atoms with Gasteiger partial charge in [0, 0.05) is 0 Å². The summed E-state index contributed by atoms with van der Waals surface area (Å²) in [6, 6.07) is 6.32. The summed E-state index contributed by atoms with van der Waals surface area (Å²) in [6.07, 6.45) is 8.83. The Labute approximate surface area is 124 Å². The molecule has 1 nitrogen and oxygen atoms in total. The summed E-state index contributed by atoms with van der Waals surface area (Å²) >= 11 is 0. The fourth-order valence-electron chi connectivity index (χ4n) is 3.63. The van der Waals surface area contributed by atoms with Crippen molar-refractivity contribution in [1.82, 2.24) is 0 Å². The smallest absolute Gasteiger partial charge is 0.0820 e. The second-order valence-electron chi connectivity index (χ2n) is 6.66. The summed E-state index contributed by atoms with van der Waals surface area (Å²) < 4.78 is 0. The van der Waals surface area contributed by atoms with Crippen LogP contribution in [0.1, 0.15) is 74.7 Å². The average molecular weight is 274 g/mol. The predicted octanol–water partition coefficient (Wildman–Crippen LogP) is 5.33. The van der Waals surface area contributed by atoms with Crippen LogP contribution in [0.25, 0.3) is 0 Å². The third-order valence-electron chi connectivity index (χ3n) is 5.27. The Kier molecular flexibility index (Phi) is 5.65. The molecule has 0 aromatic heterocycles. The van der Waals surface area contributed by atoms with E-state index in [-0.39, 0.29) is 6.10 Å². The van der Waals surface area contributed by atoms with Crippen molar-refractivity contribution in [1.29, 1.82) is 0 Å². The molecule has 1 aromatic rings. The van der Waals surface area contributed by atoms with Crippen LogP contribution < -0.4 is 0 Å². The zero-order valence-corrected chi connectivity index (χ0v) is 13.4. The Bertz CT molecular complexity index is 416. The first-order valence-electron chi connectivity index (χ1n) is 8.37. The molecule has 0 radical (unpaired) electrons. The summed E-state index contributed by atoms with van der Waals surface area (Å²) in [5.74, 6) is 1.38. The summed E-state index contributed by atoms with van der Waals surface area (Å²) in [4.78, 5) is 0. The van der Waals surface area contributed by atoms with E-state index in [9.17, 15) is 5.11 Å². The number of rotatable bonds is 5. The van der Waals surface area contributed by atoms with Crippen LogP contribution >= 0.6 is 0 Å². The SMILES string of the molecule is CCCCC1CCC(C(O)c2cccc(C)c2C)CC1. The molecule has 0 heterocycles. The van der Waals surface area contributed by atoms with Crippen LogP contribution in [-0.2, 0) is 0 Å². The first-order chi connectivity index (χ1) is 9.63. The first kappa shape index (κ1) is 15.6. The zero-order valence-electron chi connectivity index (χ0n) is 13.4. The van der Waals surface area contributed by atoms with Crippen LogP contribution in [-0.4, -0.2) is 5.11 Å². The molecular formula is C19H30O. The van der Waals surface area contributed by atoms with Crippen LogP contribution in [0.2, 0.25) is 0 Å². The molecule has 1 fully saturated rings. The number of hydrogen-bond acceptors (Lipinski definition) is 1. The van der Waals surface area contributed by atoms with Crippen molar-refractivity contribution in [2.75, 3.05) is 0 Å². The molecule has 1 heteroatoms. The minimum atomic E-state index is -0.262. The molecular weight excluding hydrogens is 244 g/mol. The highest BCUT2D eigenvalue weighted by atomic mass is 16.3.